The molecule has 0 bridgehead atoms. The zero-order chi connectivity index (χ0) is 22.9. The summed E-state index contributed by atoms with van der Waals surface area (Å²) in [6.07, 6.45) is 3.73. The van der Waals surface area contributed by atoms with Gasteiger partial charge < -0.3 is 4.57 Å². The number of nitrogens with zero attached hydrogens (tertiary/aromatic N) is 3. The van der Waals surface area contributed by atoms with Crippen LogP contribution in [0.2, 0.25) is 5.02 Å². The molecular weight excluding hydrogens is 466 g/mol. The molecule has 1 atom stereocenters. The monoisotopic (exact) mass is 489 g/mol. The van der Waals surface area contributed by atoms with Crippen LogP contribution in [0.15, 0.2) is 65.0 Å². The van der Waals surface area contributed by atoms with Gasteiger partial charge in [0.1, 0.15) is 6.04 Å². The van der Waals surface area contributed by atoms with Gasteiger partial charge in [0.15, 0.2) is 4.80 Å². The molecule has 1 aliphatic rings. The zero-order valence-electron chi connectivity index (χ0n) is 17.7. The van der Waals surface area contributed by atoms with E-state index in [1.54, 1.807) is 6.08 Å². The van der Waals surface area contributed by atoms with Crippen LogP contribution in [0.4, 0.5) is 0 Å². The first-order valence-electron chi connectivity index (χ1n) is 10.4. The normalized spacial score (nSPS) is 17.8. The van der Waals surface area contributed by atoms with Crippen LogP contribution in [0.1, 0.15) is 25.3 Å². The lowest BCUT2D eigenvalue weighted by Gasteiger charge is -2.21. The summed E-state index contributed by atoms with van der Waals surface area (Å²) in [5.41, 5.74) is 2.19. The van der Waals surface area contributed by atoms with Gasteiger partial charge in [0.05, 0.1) is 15.1 Å². The number of rotatable bonds is 6. The van der Waals surface area contributed by atoms with E-state index in [-0.39, 0.29) is 11.4 Å². The quantitative estimate of drug-likeness (QED) is 0.482. The van der Waals surface area contributed by atoms with Crippen molar-refractivity contribution in [2.75, 3.05) is 6.54 Å². The Hall–Kier alpha value is -2.26. The van der Waals surface area contributed by atoms with E-state index < -0.39 is 22.0 Å². The first-order chi connectivity index (χ1) is 15.3. The predicted molar refractivity (Wildman–Crippen MR) is 128 cm³/mol. The SMILES string of the molecule is C=CCn1c(=NC(=O)C2CCCN2S(=O)(=O)c2ccc(Cl)cc2)sc2cc(CC)ccc21. The maximum Gasteiger partial charge on any atom is 0.266 e. The molecule has 1 aliphatic heterocycles. The van der Waals surface area contributed by atoms with Crippen LogP contribution in [0, 0.1) is 0 Å². The zero-order valence-corrected chi connectivity index (χ0v) is 20.1. The number of carbonyl (C=O) groups excluding carboxylic acids is 1. The number of carbonyl (C=O) groups is 1. The number of allylic oxidation sites excluding steroid dienone is 1. The fraction of sp³-hybridized carbons (Fsp3) is 0.304. The molecule has 0 saturated carbocycles. The molecule has 0 radical (unpaired) electrons. The number of thiazole rings is 1. The van der Waals surface area contributed by atoms with E-state index in [2.05, 4.69) is 30.6 Å². The molecule has 0 N–H and O–H groups in total. The Morgan fingerprint density at radius 3 is 2.72 bits per heavy atom. The Kier molecular flexibility index (Phi) is 6.67. The summed E-state index contributed by atoms with van der Waals surface area (Å²) >= 11 is 7.33. The Bertz CT molecular complexity index is 1340. The van der Waals surface area contributed by atoms with Crippen molar-refractivity contribution in [1.29, 1.82) is 0 Å². The van der Waals surface area contributed by atoms with Crippen LogP contribution < -0.4 is 4.80 Å². The van der Waals surface area contributed by atoms with Gasteiger partial charge in [0.2, 0.25) is 10.0 Å². The van der Waals surface area contributed by atoms with E-state index in [0.717, 1.165) is 16.6 Å². The van der Waals surface area contributed by atoms with E-state index >= 15 is 0 Å². The highest BCUT2D eigenvalue weighted by atomic mass is 35.5. The van der Waals surface area contributed by atoms with Crippen LogP contribution >= 0.6 is 22.9 Å². The number of sulfonamides is 1. The number of benzene rings is 2. The fourth-order valence-electron chi connectivity index (χ4n) is 3.91. The molecule has 0 aliphatic carbocycles. The first kappa shape index (κ1) is 22.9. The number of hydrogen-bond donors (Lipinski definition) is 0. The predicted octanol–water partition coefficient (Wildman–Crippen LogP) is 4.39. The van der Waals surface area contributed by atoms with Gasteiger partial charge in [0.25, 0.3) is 5.91 Å². The first-order valence-corrected chi connectivity index (χ1v) is 13.1. The van der Waals surface area contributed by atoms with Crippen LogP contribution in [-0.4, -0.2) is 35.8 Å². The Morgan fingerprint density at radius 2 is 2.03 bits per heavy atom. The summed E-state index contributed by atoms with van der Waals surface area (Å²) in [6.45, 7) is 6.71. The van der Waals surface area contributed by atoms with Crippen molar-refractivity contribution < 1.29 is 13.2 Å². The van der Waals surface area contributed by atoms with E-state index in [4.69, 9.17) is 11.6 Å². The van der Waals surface area contributed by atoms with Gasteiger partial charge in [-0.3, -0.25) is 4.79 Å². The van der Waals surface area contributed by atoms with Crippen molar-refractivity contribution in [3.63, 3.8) is 0 Å². The van der Waals surface area contributed by atoms with Gasteiger partial charge in [0, 0.05) is 18.1 Å². The second kappa shape index (κ2) is 9.31. The van der Waals surface area contributed by atoms with Crippen LogP contribution in [0.3, 0.4) is 0 Å². The largest absolute Gasteiger partial charge is 0.313 e. The Morgan fingerprint density at radius 1 is 1.28 bits per heavy atom. The number of aryl methyl sites for hydroxylation is 1. The lowest BCUT2D eigenvalue weighted by Crippen LogP contribution is -2.40. The van der Waals surface area contributed by atoms with E-state index in [9.17, 15) is 13.2 Å². The lowest BCUT2D eigenvalue weighted by molar-refractivity contribution is -0.121. The van der Waals surface area contributed by atoms with Crippen LogP contribution in [-0.2, 0) is 27.8 Å². The minimum atomic E-state index is -3.82. The number of amides is 1. The summed E-state index contributed by atoms with van der Waals surface area (Å²) < 4.78 is 30.6. The number of fused-ring (bicyclic) bond motifs is 1. The van der Waals surface area contributed by atoms with Gasteiger partial charge in [-0.25, -0.2) is 8.42 Å². The summed E-state index contributed by atoms with van der Waals surface area (Å²) in [4.78, 5) is 18.3. The maximum absolute atomic E-state index is 13.2. The van der Waals surface area contributed by atoms with Crippen molar-refractivity contribution in [1.82, 2.24) is 8.87 Å². The summed E-state index contributed by atoms with van der Waals surface area (Å²) in [7, 11) is -3.82. The molecule has 0 spiro atoms. The molecule has 1 amide bonds. The molecule has 2 heterocycles. The molecular formula is C23H24ClN3O3S2. The van der Waals surface area contributed by atoms with Gasteiger partial charge in [-0.1, -0.05) is 42.0 Å². The summed E-state index contributed by atoms with van der Waals surface area (Å²) in [5, 5.41) is 0.454. The second-order valence-electron chi connectivity index (χ2n) is 7.62. The molecule has 3 aromatic rings. The molecule has 1 saturated heterocycles. The third-order valence-corrected chi connectivity index (χ3v) is 8.80. The number of halogens is 1. The van der Waals surface area contributed by atoms with Gasteiger partial charge in [-0.15, -0.1) is 6.58 Å². The van der Waals surface area contributed by atoms with Crippen molar-refractivity contribution >= 4 is 49.1 Å². The third kappa shape index (κ3) is 4.32. The highest BCUT2D eigenvalue weighted by molar-refractivity contribution is 7.89. The van der Waals surface area contributed by atoms with Crippen molar-refractivity contribution in [2.24, 2.45) is 4.99 Å². The minimum Gasteiger partial charge on any atom is -0.313 e. The van der Waals surface area contributed by atoms with Crippen LogP contribution in [0.5, 0.6) is 0 Å². The second-order valence-corrected chi connectivity index (χ2v) is 11.0. The summed E-state index contributed by atoms with van der Waals surface area (Å²) in [6, 6.07) is 11.4. The molecule has 32 heavy (non-hydrogen) atoms. The van der Waals surface area contributed by atoms with Crippen molar-refractivity contribution in [3.05, 3.63) is 70.5 Å². The Labute approximate surface area is 196 Å². The molecule has 6 nitrogen and oxygen atoms in total. The van der Waals surface area contributed by atoms with Crippen LogP contribution in [0.25, 0.3) is 10.2 Å². The standard InChI is InChI=1S/C23H24ClN3O3S2/c1-3-13-26-19-12-7-16(4-2)15-21(19)31-23(26)25-22(28)20-6-5-14-27(20)32(29,30)18-10-8-17(24)9-11-18/h3,7-12,15,20H,1,4-6,13-14H2,2H3. The molecule has 1 aromatic heterocycles. The highest BCUT2D eigenvalue weighted by Crippen LogP contribution is 2.28. The van der Waals surface area contributed by atoms with Crippen molar-refractivity contribution in [3.8, 4) is 0 Å². The lowest BCUT2D eigenvalue weighted by atomic mass is 10.2. The topological polar surface area (TPSA) is 71.7 Å². The van der Waals surface area contributed by atoms with Gasteiger partial charge in [-0.05, 0) is 61.2 Å². The smallest absolute Gasteiger partial charge is 0.266 e. The average molecular weight is 490 g/mol. The average Bonchev–Trinajstić information content (AvgIpc) is 3.40. The number of hydrogen-bond acceptors (Lipinski definition) is 4. The van der Waals surface area contributed by atoms with Gasteiger partial charge in [-0.2, -0.15) is 9.30 Å². The highest BCUT2D eigenvalue weighted by Gasteiger charge is 2.39. The van der Waals surface area contributed by atoms with Gasteiger partial charge >= 0.3 is 0 Å². The van der Waals surface area contributed by atoms with E-state index in [0.29, 0.717) is 29.2 Å². The Balaban J connectivity index is 1.72. The number of aromatic nitrogens is 1. The molecule has 2 aromatic carbocycles. The molecule has 4 rings (SSSR count). The molecule has 1 unspecified atom stereocenters. The van der Waals surface area contributed by atoms with Crippen molar-refractivity contribution in [2.45, 2.75) is 43.7 Å². The molecule has 1 fully saturated rings. The fourth-order valence-corrected chi connectivity index (χ4v) is 6.80. The minimum absolute atomic E-state index is 0.122. The van der Waals surface area contributed by atoms with E-state index in [1.165, 1.54) is 45.5 Å². The molecule has 168 valence electrons. The third-order valence-electron chi connectivity index (χ3n) is 5.58. The maximum atomic E-state index is 13.2. The van der Waals surface area contributed by atoms with E-state index in [1.807, 2.05) is 10.6 Å². The molecule has 9 heteroatoms. The summed E-state index contributed by atoms with van der Waals surface area (Å²) in [5.74, 6) is -0.444.